The maximum Gasteiger partial charge on any atom is 0.249 e. The van der Waals surface area contributed by atoms with E-state index < -0.39 is 29.3 Å². The molecule has 43 heavy (non-hydrogen) atoms. The second kappa shape index (κ2) is 15.5. The van der Waals surface area contributed by atoms with Gasteiger partial charge in [-0.1, -0.05) is 61.9 Å². The first-order valence-corrected chi connectivity index (χ1v) is 14.9. The number of benzene rings is 2. The van der Waals surface area contributed by atoms with Crippen LogP contribution in [0.2, 0.25) is 0 Å². The number of primary amides is 2. The number of hydrogen-bond donors (Lipinski definition) is 4. The molecule has 0 bridgehead atoms. The summed E-state index contributed by atoms with van der Waals surface area (Å²) in [6.07, 6.45) is 3.63. The van der Waals surface area contributed by atoms with Gasteiger partial charge in [-0.25, -0.2) is 0 Å². The number of methoxy groups -OCH3 is 1. The molecule has 0 saturated heterocycles. The van der Waals surface area contributed by atoms with E-state index in [2.05, 4.69) is 5.32 Å². The Morgan fingerprint density at radius 2 is 1.72 bits per heavy atom. The minimum Gasteiger partial charge on any atom is -0.497 e. The number of nitrogens with one attached hydrogen (secondary N) is 1. The Balaban J connectivity index is 2.03. The quantitative estimate of drug-likeness (QED) is 0.236. The number of ether oxygens (including phenoxy) is 1. The van der Waals surface area contributed by atoms with E-state index >= 15 is 0 Å². The number of nitrogens with zero attached hydrogens (tertiary/aromatic N) is 1. The van der Waals surface area contributed by atoms with Gasteiger partial charge in [-0.3, -0.25) is 14.4 Å². The van der Waals surface area contributed by atoms with Crippen molar-refractivity contribution < 1.29 is 24.2 Å². The van der Waals surface area contributed by atoms with Crippen molar-refractivity contribution in [2.24, 2.45) is 22.8 Å². The minimum atomic E-state index is -1.55. The zero-order chi connectivity index (χ0) is 31.6. The molecule has 2 aromatic rings. The number of amides is 3. The Morgan fingerprint density at radius 1 is 1.05 bits per heavy atom. The summed E-state index contributed by atoms with van der Waals surface area (Å²) in [7, 11) is 1.60. The maximum absolute atomic E-state index is 13.8. The van der Waals surface area contributed by atoms with E-state index in [9.17, 15) is 19.5 Å². The highest BCUT2D eigenvalue weighted by Gasteiger charge is 2.49. The number of carbonyl (C=O) groups excluding carboxylic acids is 3. The predicted molar refractivity (Wildman–Crippen MR) is 168 cm³/mol. The molecule has 6 N–H and O–H groups in total. The lowest BCUT2D eigenvalue weighted by atomic mass is 9.63. The molecule has 9 nitrogen and oxygen atoms in total. The average Bonchev–Trinajstić information content (AvgIpc) is 2.99. The Hall–Kier alpha value is -3.95. The molecule has 0 spiro atoms. The monoisotopic (exact) mass is 590 g/mol. The van der Waals surface area contributed by atoms with Crippen molar-refractivity contribution in [2.75, 3.05) is 26.7 Å². The van der Waals surface area contributed by atoms with Gasteiger partial charge in [0.2, 0.25) is 17.7 Å². The Morgan fingerprint density at radius 3 is 2.33 bits per heavy atom. The van der Waals surface area contributed by atoms with Crippen molar-refractivity contribution in [2.45, 2.75) is 59.1 Å². The molecule has 0 saturated carbocycles. The lowest BCUT2D eigenvalue weighted by molar-refractivity contribution is -0.132. The first-order chi connectivity index (χ1) is 20.5. The summed E-state index contributed by atoms with van der Waals surface area (Å²) in [6, 6.07) is 15.4. The number of hydrogen-bond acceptors (Lipinski definition) is 6. The summed E-state index contributed by atoms with van der Waals surface area (Å²) in [6.45, 7) is 7.59. The molecule has 232 valence electrons. The van der Waals surface area contributed by atoms with Gasteiger partial charge >= 0.3 is 0 Å². The molecule has 1 unspecified atom stereocenters. The van der Waals surface area contributed by atoms with Crippen molar-refractivity contribution in [1.82, 2.24) is 10.2 Å². The lowest BCUT2D eigenvalue weighted by Gasteiger charge is -2.42. The smallest absolute Gasteiger partial charge is 0.249 e. The van der Waals surface area contributed by atoms with Gasteiger partial charge < -0.3 is 31.5 Å². The molecule has 2 aromatic carbocycles. The summed E-state index contributed by atoms with van der Waals surface area (Å²) >= 11 is 0. The molecule has 0 aromatic heterocycles. The van der Waals surface area contributed by atoms with Gasteiger partial charge in [0.05, 0.1) is 18.6 Å². The predicted octanol–water partition coefficient (Wildman–Crippen LogP) is 3.18. The molecule has 3 atom stereocenters. The topological polar surface area (TPSA) is 148 Å². The van der Waals surface area contributed by atoms with Gasteiger partial charge in [-0.2, -0.15) is 0 Å². The van der Waals surface area contributed by atoms with Crippen LogP contribution in [-0.2, 0) is 27.3 Å². The van der Waals surface area contributed by atoms with Crippen molar-refractivity contribution in [3.8, 4) is 5.75 Å². The van der Waals surface area contributed by atoms with Crippen LogP contribution in [0.5, 0.6) is 5.75 Å². The van der Waals surface area contributed by atoms with Crippen LogP contribution in [0.3, 0.4) is 0 Å². The molecule has 1 aliphatic rings. The van der Waals surface area contributed by atoms with Crippen LogP contribution >= 0.6 is 0 Å². The third-order valence-corrected chi connectivity index (χ3v) is 8.00. The van der Waals surface area contributed by atoms with Crippen LogP contribution in [-0.4, -0.2) is 60.6 Å². The number of aliphatic hydroxyl groups excluding tert-OH is 1. The lowest BCUT2D eigenvalue weighted by Crippen LogP contribution is -2.52. The van der Waals surface area contributed by atoms with Crippen molar-refractivity contribution in [3.05, 3.63) is 88.5 Å². The summed E-state index contributed by atoms with van der Waals surface area (Å²) < 4.78 is 5.31. The molecule has 0 heterocycles. The SMILES string of the molecule is CCCN(CCC)C(=O)C1=CC(C(N)=O)=CC(C(N)=O)([C@H](Cc2cccc(C)c2)[C@@H](O)CNCc2cccc(OC)c2)C1. The number of aliphatic hydroxyl groups is 1. The summed E-state index contributed by atoms with van der Waals surface area (Å²) in [5.41, 5.74) is 13.6. The fraction of sp³-hybridized carbons (Fsp3) is 0.441. The molecule has 0 aliphatic heterocycles. The van der Waals surface area contributed by atoms with Crippen LogP contribution in [0.4, 0.5) is 0 Å². The van der Waals surface area contributed by atoms with E-state index in [-0.39, 0.29) is 36.4 Å². The van der Waals surface area contributed by atoms with E-state index in [1.54, 1.807) is 12.0 Å². The maximum atomic E-state index is 13.8. The molecule has 0 radical (unpaired) electrons. The van der Waals surface area contributed by atoms with Gasteiger partial charge in [0.25, 0.3) is 0 Å². The highest BCUT2D eigenvalue weighted by Crippen LogP contribution is 2.44. The summed E-state index contributed by atoms with van der Waals surface area (Å²) in [5, 5.41) is 15.0. The zero-order valence-electron chi connectivity index (χ0n) is 25.8. The van der Waals surface area contributed by atoms with Gasteiger partial charge in [0.15, 0.2) is 0 Å². The van der Waals surface area contributed by atoms with Crippen LogP contribution in [0, 0.1) is 18.3 Å². The zero-order valence-corrected chi connectivity index (χ0v) is 25.8. The Labute approximate surface area is 255 Å². The fourth-order valence-corrected chi connectivity index (χ4v) is 5.88. The van der Waals surface area contributed by atoms with Gasteiger partial charge in [0, 0.05) is 43.2 Å². The molecule has 1 aliphatic carbocycles. The van der Waals surface area contributed by atoms with Crippen molar-refractivity contribution >= 4 is 17.7 Å². The Kier molecular flexibility index (Phi) is 12.1. The first kappa shape index (κ1) is 33.6. The molecule has 0 fully saturated rings. The molecular formula is C34H46N4O5. The third-order valence-electron chi connectivity index (χ3n) is 8.00. The Bertz CT molecular complexity index is 1350. The van der Waals surface area contributed by atoms with Crippen molar-refractivity contribution in [3.63, 3.8) is 0 Å². The van der Waals surface area contributed by atoms with E-state index in [1.807, 2.05) is 69.3 Å². The number of aryl methyl sites for hydroxylation is 1. The number of carbonyl (C=O) groups is 3. The average molecular weight is 591 g/mol. The third kappa shape index (κ3) is 8.55. The van der Waals surface area contributed by atoms with E-state index in [0.29, 0.717) is 19.6 Å². The second-order valence-corrected chi connectivity index (χ2v) is 11.4. The summed E-state index contributed by atoms with van der Waals surface area (Å²) in [4.78, 5) is 41.6. The largest absolute Gasteiger partial charge is 0.497 e. The van der Waals surface area contributed by atoms with Gasteiger partial charge in [-0.15, -0.1) is 0 Å². The van der Waals surface area contributed by atoms with Crippen LogP contribution in [0.25, 0.3) is 0 Å². The second-order valence-electron chi connectivity index (χ2n) is 11.4. The van der Waals surface area contributed by atoms with E-state index in [4.69, 9.17) is 16.2 Å². The van der Waals surface area contributed by atoms with Gasteiger partial charge in [-0.05, 0) is 61.9 Å². The van der Waals surface area contributed by atoms with Crippen LogP contribution in [0.1, 0.15) is 49.8 Å². The fourth-order valence-electron chi connectivity index (χ4n) is 5.88. The van der Waals surface area contributed by atoms with E-state index in [0.717, 1.165) is 35.3 Å². The van der Waals surface area contributed by atoms with Crippen LogP contribution < -0.4 is 21.5 Å². The molecule has 3 rings (SSSR count). The van der Waals surface area contributed by atoms with Crippen LogP contribution in [0.15, 0.2) is 71.8 Å². The van der Waals surface area contributed by atoms with Crippen molar-refractivity contribution in [1.29, 1.82) is 0 Å². The number of rotatable bonds is 16. The molecule has 9 heteroatoms. The molecular weight excluding hydrogens is 544 g/mol. The highest BCUT2D eigenvalue weighted by atomic mass is 16.5. The van der Waals surface area contributed by atoms with E-state index in [1.165, 1.54) is 12.2 Å². The highest BCUT2D eigenvalue weighted by molar-refractivity contribution is 6.03. The normalized spacial score (nSPS) is 17.8. The summed E-state index contributed by atoms with van der Waals surface area (Å²) in [5.74, 6) is -1.82. The minimum absolute atomic E-state index is 0.0344. The molecule has 3 amide bonds. The number of nitrogens with two attached hydrogens (primary N) is 2. The first-order valence-electron chi connectivity index (χ1n) is 14.9. The van der Waals surface area contributed by atoms with Gasteiger partial charge in [0.1, 0.15) is 5.75 Å². The standard InChI is InChI=1S/C34H46N4O5/c1-5-13-38(14-6-2)32(41)27-18-26(31(35)40)19-34(20-27,33(36)42)29(17-24-10-7-9-23(3)15-24)30(39)22-37-21-25-11-8-12-28(16-25)43-4/h7-12,15-16,18-19,29-30,37,39H,5-6,13-14,17,20-22H2,1-4H3,(H2,35,40)(H2,36,42)/t29-,30+,34?/m1/s1.